The molecule has 0 spiro atoms. The summed E-state index contributed by atoms with van der Waals surface area (Å²) in [6.45, 7) is 4.44. The summed E-state index contributed by atoms with van der Waals surface area (Å²) < 4.78 is 18.9. The Morgan fingerprint density at radius 2 is 1.85 bits per heavy atom. The number of benzene rings is 2. The first-order valence-electron chi connectivity index (χ1n) is 6.49. The highest BCUT2D eigenvalue weighted by Gasteiger charge is 2.05. The van der Waals surface area contributed by atoms with E-state index in [0.717, 1.165) is 17.0 Å². The first-order chi connectivity index (χ1) is 9.56. The average Bonchev–Trinajstić information content (AvgIpc) is 2.41. The van der Waals surface area contributed by atoms with Crippen molar-refractivity contribution in [3.63, 3.8) is 0 Å². The van der Waals surface area contributed by atoms with Gasteiger partial charge in [0.2, 0.25) is 0 Å². The molecule has 0 radical (unpaired) electrons. The maximum atomic E-state index is 13.3. The third-order valence-electron chi connectivity index (χ3n) is 2.74. The van der Waals surface area contributed by atoms with E-state index < -0.39 is 5.82 Å². The zero-order chi connectivity index (χ0) is 14.5. The fourth-order valence-electron chi connectivity index (χ4n) is 1.81. The lowest BCUT2D eigenvalue weighted by Crippen LogP contribution is -2.05. The second-order valence-corrected chi connectivity index (χ2v) is 5.14. The first kappa shape index (κ1) is 14.7. The lowest BCUT2D eigenvalue weighted by molar-refractivity contribution is 0.242. The van der Waals surface area contributed by atoms with Crippen LogP contribution in [0, 0.1) is 5.82 Å². The highest BCUT2D eigenvalue weighted by Crippen LogP contribution is 2.22. The number of nitrogens with one attached hydrogen (secondary N) is 1. The van der Waals surface area contributed by atoms with Crippen LogP contribution in [0.15, 0.2) is 42.5 Å². The monoisotopic (exact) mass is 293 g/mol. The van der Waals surface area contributed by atoms with E-state index >= 15 is 0 Å². The Morgan fingerprint density at radius 3 is 2.50 bits per heavy atom. The summed E-state index contributed by atoms with van der Waals surface area (Å²) in [5.41, 5.74) is 1.66. The highest BCUT2D eigenvalue weighted by atomic mass is 35.5. The van der Waals surface area contributed by atoms with Gasteiger partial charge in [-0.2, -0.15) is 0 Å². The maximum Gasteiger partial charge on any atom is 0.142 e. The fourth-order valence-corrected chi connectivity index (χ4v) is 2.00. The van der Waals surface area contributed by atoms with Gasteiger partial charge in [0.1, 0.15) is 11.6 Å². The van der Waals surface area contributed by atoms with Crippen LogP contribution in [0.5, 0.6) is 5.75 Å². The molecular formula is C16H17ClFNO. The lowest BCUT2D eigenvalue weighted by atomic mass is 10.2. The number of hydrogen-bond donors (Lipinski definition) is 1. The molecule has 0 fully saturated rings. The van der Waals surface area contributed by atoms with Crippen LogP contribution in [0.3, 0.4) is 0 Å². The first-order valence-corrected chi connectivity index (χ1v) is 6.87. The Balaban J connectivity index is 1.99. The summed E-state index contributed by atoms with van der Waals surface area (Å²) in [5.74, 6) is 0.431. The van der Waals surface area contributed by atoms with Gasteiger partial charge in [-0.05, 0) is 49.7 Å². The Hall–Kier alpha value is -1.74. The van der Waals surface area contributed by atoms with Gasteiger partial charge in [-0.15, -0.1) is 0 Å². The largest absolute Gasteiger partial charge is 0.491 e. The van der Waals surface area contributed by atoms with Crippen LogP contribution >= 0.6 is 11.6 Å². The Bertz CT molecular complexity index is 569. The third-order valence-corrected chi connectivity index (χ3v) is 3.16. The third kappa shape index (κ3) is 3.87. The van der Waals surface area contributed by atoms with E-state index in [2.05, 4.69) is 5.32 Å². The summed E-state index contributed by atoms with van der Waals surface area (Å²) >= 11 is 5.91. The zero-order valence-electron chi connectivity index (χ0n) is 11.5. The molecule has 20 heavy (non-hydrogen) atoms. The molecule has 106 valence electrons. The van der Waals surface area contributed by atoms with Crippen LogP contribution in [0.4, 0.5) is 10.1 Å². The minimum absolute atomic E-state index is 0.153. The van der Waals surface area contributed by atoms with Crippen LogP contribution in [0.2, 0.25) is 5.02 Å². The highest BCUT2D eigenvalue weighted by molar-refractivity contribution is 6.31. The van der Waals surface area contributed by atoms with Crippen molar-refractivity contribution in [1.82, 2.24) is 0 Å². The number of halogens is 2. The van der Waals surface area contributed by atoms with Crippen molar-refractivity contribution in [2.75, 3.05) is 5.32 Å². The molecule has 0 aliphatic heterocycles. The Morgan fingerprint density at radius 1 is 1.15 bits per heavy atom. The number of hydrogen-bond acceptors (Lipinski definition) is 2. The van der Waals surface area contributed by atoms with E-state index in [1.165, 1.54) is 6.07 Å². The van der Waals surface area contributed by atoms with E-state index in [9.17, 15) is 4.39 Å². The van der Waals surface area contributed by atoms with Crippen molar-refractivity contribution in [2.45, 2.75) is 26.5 Å². The summed E-state index contributed by atoms with van der Waals surface area (Å²) in [7, 11) is 0. The molecule has 0 heterocycles. The average molecular weight is 294 g/mol. The molecule has 1 N–H and O–H groups in total. The molecule has 2 aromatic rings. The van der Waals surface area contributed by atoms with Gasteiger partial charge < -0.3 is 10.1 Å². The van der Waals surface area contributed by atoms with Crippen LogP contribution in [0.25, 0.3) is 0 Å². The fraction of sp³-hybridized carbons (Fsp3) is 0.250. The Labute approximate surface area is 123 Å². The van der Waals surface area contributed by atoms with Gasteiger partial charge in [0.05, 0.1) is 11.1 Å². The summed E-state index contributed by atoms with van der Waals surface area (Å²) in [6.07, 6.45) is 0.153. The second kappa shape index (κ2) is 6.62. The predicted octanol–water partition coefficient (Wildman–Crippen LogP) is 4.88. The minimum atomic E-state index is -0.397. The molecule has 2 nitrogen and oxygen atoms in total. The molecule has 0 unspecified atom stereocenters. The maximum absolute atomic E-state index is 13.3. The molecule has 2 aromatic carbocycles. The van der Waals surface area contributed by atoms with E-state index in [-0.39, 0.29) is 11.1 Å². The molecular weight excluding hydrogens is 277 g/mol. The smallest absolute Gasteiger partial charge is 0.142 e. The molecule has 0 aliphatic carbocycles. The van der Waals surface area contributed by atoms with Gasteiger partial charge in [0, 0.05) is 12.2 Å². The zero-order valence-corrected chi connectivity index (χ0v) is 12.2. The quantitative estimate of drug-likeness (QED) is 0.848. The molecule has 0 amide bonds. The molecule has 2 rings (SSSR count). The Kier molecular flexibility index (Phi) is 4.85. The van der Waals surface area contributed by atoms with Gasteiger partial charge in [-0.3, -0.25) is 0 Å². The standard InChI is InChI=1S/C16H17ClFNO/c1-11(2)20-14-8-6-13(7-9-14)19-10-12-4-3-5-15(18)16(12)17/h3-9,11,19H,10H2,1-2H3. The van der Waals surface area contributed by atoms with E-state index in [4.69, 9.17) is 16.3 Å². The van der Waals surface area contributed by atoms with Crippen molar-refractivity contribution < 1.29 is 9.13 Å². The predicted molar refractivity (Wildman–Crippen MR) is 80.9 cm³/mol. The van der Waals surface area contributed by atoms with Crippen molar-refractivity contribution >= 4 is 17.3 Å². The minimum Gasteiger partial charge on any atom is -0.491 e. The SMILES string of the molecule is CC(C)Oc1ccc(NCc2cccc(F)c2Cl)cc1. The van der Waals surface area contributed by atoms with Crippen molar-refractivity contribution in [1.29, 1.82) is 0 Å². The number of anilines is 1. The molecule has 0 atom stereocenters. The van der Waals surface area contributed by atoms with E-state index in [1.54, 1.807) is 12.1 Å². The van der Waals surface area contributed by atoms with Crippen molar-refractivity contribution in [2.24, 2.45) is 0 Å². The summed E-state index contributed by atoms with van der Waals surface area (Å²) in [4.78, 5) is 0. The number of ether oxygens (including phenoxy) is 1. The van der Waals surface area contributed by atoms with Gasteiger partial charge in [-0.25, -0.2) is 4.39 Å². The van der Waals surface area contributed by atoms with E-state index in [1.807, 2.05) is 38.1 Å². The van der Waals surface area contributed by atoms with Crippen molar-refractivity contribution in [3.05, 3.63) is 58.9 Å². The molecule has 0 saturated carbocycles. The van der Waals surface area contributed by atoms with Crippen LogP contribution in [-0.4, -0.2) is 6.10 Å². The molecule has 0 bridgehead atoms. The van der Waals surface area contributed by atoms with Gasteiger partial charge >= 0.3 is 0 Å². The summed E-state index contributed by atoms with van der Waals surface area (Å²) in [6, 6.07) is 12.4. The van der Waals surface area contributed by atoms with Gasteiger partial charge in [-0.1, -0.05) is 23.7 Å². The van der Waals surface area contributed by atoms with E-state index in [0.29, 0.717) is 6.54 Å². The van der Waals surface area contributed by atoms with Gasteiger partial charge in [0.15, 0.2) is 0 Å². The molecule has 4 heteroatoms. The van der Waals surface area contributed by atoms with Gasteiger partial charge in [0.25, 0.3) is 0 Å². The van der Waals surface area contributed by atoms with Crippen LogP contribution < -0.4 is 10.1 Å². The molecule has 0 aliphatic rings. The van der Waals surface area contributed by atoms with Crippen LogP contribution in [-0.2, 0) is 6.54 Å². The lowest BCUT2D eigenvalue weighted by Gasteiger charge is -2.11. The van der Waals surface area contributed by atoms with Crippen LogP contribution in [0.1, 0.15) is 19.4 Å². The summed E-state index contributed by atoms with van der Waals surface area (Å²) in [5, 5.41) is 3.37. The normalized spacial score (nSPS) is 10.7. The second-order valence-electron chi connectivity index (χ2n) is 4.76. The number of rotatable bonds is 5. The molecule has 0 saturated heterocycles. The van der Waals surface area contributed by atoms with Crippen molar-refractivity contribution in [3.8, 4) is 5.75 Å². The topological polar surface area (TPSA) is 21.3 Å². The molecule has 0 aromatic heterocycles.